The molecule has 0 bridgehead atoms. The van der Waals surface area contributed by atoms with Crippen LogP contribution in [0.5, 0.6) is 5.75 Å². The van der Waals surface area contributed by atoms with Crippen LogP contribution in [0, 0.1) is 19.8 Å². The molecule has 0 saturated heterocycles. The van der Waals surface area contributed by atoms with Crippen LogP contribution in [0.1, 0.15) is 24.5 Å². The van der Waals surface area contributed by atoms with Crippen molar-refractivity contribution in [1.29, 1.82) is 0 Å². The van der Waals surface area contributed by atoms with Crippen LogP contribution in [-0.4, -0.2) is 25.6 Å². The van der Waals surface area contributed by atoms with Crippen LogP contribution in [0.4, 0.5) is 0 Å². The Balaban J connectivity index is 0.00000361. The first-order valence-electron chi connectivity index (χ1n) is 6.69. The molecule has 0 radical (unpaired) electrons. The molecule has 114 valence electrons. The molecular weight excluding hydrogens is 276 g/mol. The summed E-state index contributed by atoms with van der Waals surface area (Å²) in [4.78, 5) is 11.6. The van der Waals surface area contributed by atoms with Gasteiger partial charge in [0.2, 0.25) is 5.91 Å². The molecule has 1 unspecified atom stereocenters. The molecule has 0 spiro atoms. The molecule has 1 aromatic rings. The molecule has 0 heterocycles. The SMILES string of the molecule is Cc1ccc(OCCC(=O)NCC(C)CN)c(C)c1.Cl. The average molecular weight is 301 g/mol. The summed E-state index contributed by atoms with van der Waals surface area (Å²) in [6.07, 6.45) is 0.366. The van der Waals surface area contributed by atoms with Gasteiger partial charge in [-0.25, -0.2) is 0 Å². The monoisotopic (exact) mass is 300 g/mol. The molecule has 0 saturated carbocycles. The number of aryl methyl sites for hydroxylation is 2. The zero-order valence-corrected chi connectivity index (χ0v) is 13.3. The molecule has 1 aromatic carbocycles. The van der Waals surface area contributed by atoms with Crippen molar-refractivity contribution in [3.8, 4) is 5.75 Å². The number of hydrogen-bond donors (Lipinski definition) is 2. The molecule has 5 heteroatoms. The summed E-state index contributed by atoms with van der Waals surface area (Å²) < 4.78 is 5.61. The van der Waals surface area contributed by atoms with E-state index in [1.54, 1.807) is 0 Å². The van der Waals surface area contributed by atoms with Gasteiger partial charge in [0.1, 0.15) is 5.75 Å². The Morgan fingerprint density at radius 3 is 2.70 bits per heavy atom. The van der Waals surface area contributed by atoms with Crippen molar-refractivity contribution in [3.63, 3.8) is 0 Å². The Hall–Kier alpha value is -1.26. The van der Waals surface area contributed by atoms with Crippen LogP contribution < -0.4 is 15.8 Å². The van der Waals surface area contributed by atoms with Gasteiger partial charge in [0, 0.05) is 6.54 Å². The van der Waals surface area contributed by atoms with E-state index in [9.17, 15) is 4.79 Å². The average Bonchev–Trinajstić information content (AvgIpc) is 2.38. The lowest BCUT2D eigenvalue weighted by molar-refractivity contribution is -0.121. The molecule has 1 atom stereocenters. The number of amides is 1. The third-order valence-electron chi connectivity index (χ3n) is 2.97. The molecule has 0 aliphatic heterocycles. The Labute approximate surface area is 127 Å². The van der Waals surface area contributed by atoms with E-state index in [0.29, 0.717) is 32.0 Å². The molecular formula is C15H25ClN2O2. The number of carbonyl (C=O) groups excluding carboxylic acids is 1. The van der Waals surface area contributed by atoms with E-state index in [1.165, 1.54) is 5.56 Å². The van der Waals surface area contributed by atoms with Crippen LogP contribution in [0.15, 0.2) is 18.2 Å². The van der Waals surface area contributed by atoms with Gasteiger partial charge in [0.05, 0.1) is 13.0 Å². The standard InChI is InChI=1S/C15H24N2O2.ClH/c1-11-4-5-14(13(3)8-11)19-7-6-15(18)17-10-12(2)9-16;/h4-5,8,12H,6-7,9-10,16H2,1-3H3,(H,17,18);1H. The van der Waals surface area contributed by atoms with E-state index in [1.807, 2.05) is 32.9 Å². The van der Waals surface area contributed by atoms with Gasteiger partial charge in [-0.05, 0) is 37.9 Å². The van der Waals surface area contributed by atoms with E-state index in [2.05, 4.69) is 11.4 Å². The normalized spacial score (nSPS) is 11.4. The van der Waals surface area contributed by atoms with E-state index < -0.39 is 0 Å². The minimum atomic E-state index is 0. The van der Waals surface area contributed by atoms with Gasteiger partial charge in [-0.15, -0.1) is 12.4 Å². The number of rotatable bonds is 7. The van der Waals surface area contributed by atoms with Crippen molar-refractivity contribution in [1.82, 2.24) is 5.32 Å². The third-order valence-corrected chi connectivity index (χ3v) is 2.97. The fourth-order valence-electron chi connectivity index (χ4n) is 1.67. The van der Waals surface area contributed by atoms with Crippen LogP contribution in [0.3, 0.4) is 0 Å². The largest absolute Gasteiger partial charge is 0.493 e. The molecule has 0 fully saturated rings. The Morgan fingerprint density at radius 1 is 1.40 bits per heavy atom. The second-order valence-electron chi connectivity index (χ2n) is 5.01. The zero-order valence-electron chi connectivity index (χ0n) is 12.4. The van der Waals surface area contributed by atoms with Crippen molar-refractivity contribution >= 4 is 18.3 Å². The van der Waals surface area contributed by atoms with E-state index in [4.69, 9.17) is 10.5 Å². The molecule has 0 aromatic heterocycles. The second-order valence-corrected chi connectivity index (χ2v) is 5.01. The van der Waals surface area contributed by atoms with Gasteiger partial charge in [-0.3, -0.25) is 4.79 Å². The second kappa shape index (κ2) is 9.61. The van der Waals surface area contributed by atoms with Crippen molar-refractivity contribution < 1.29 is 9.53 Å². The first-order chi connectivity index (χ1) is 9.02. The van der Waals surface area contributed by atoms with Crippen molar-refractivity contribution in [2.24, 2.45) is 11.7 Å². The Morgan fingerprint density at radius 2 is 2.10 bits per heavy atom. The summed E-state index contributed by atoms with van der Waals surface area (Å²) >= 11 is 0. The first-order valence-corrected chi connectivity index (χ1v) is 6.69. The maximum Gasteiger partial charge on any atom is 0.223 e. The molecule has 20 heavy (non-hydrogen) atoms. The molecule has 1 rings (SSSR count). The molecule has 4 nitrogen and oxygen atoms in total. The minimum absolute atomic E-state index is 0. The predicted octanol–water partition coefficient (Wildman–Crippen LogP) is 2.21. The lowest BCUT2D eigenvalue weighted by Crippen LogP contribution is -2.32. The highest BCUT2D eigenvalue weighted by Gasteiger charge is 2.05. The maximum atomic E-state index is 11.6. The predicted molar refractivity (Wildman–Crippen MR) is 84.5 cm³/mol. The fraction of sp³-hybridized carbons (Fsp3) is 0.533. The summed E-state index contributed by atoms with van der Waals surface area (Å²) in [7, 11) is 0. The Bertz CT molecular complexity index is 424. The number of ether oxygens (including phenoxy) is 1. The van der Waals surface area contributed by atoms with E-state index >= 15 is 0 Å². The number of benzene rings is 1. The molecule has 1 amide bonds. The Kier molecular flexibility index (Phi) is 9.01. The number of hydrogen-bond acceptors (Lipinski definition) is 3. The van der Waals surface area contributed by atoms with Gasteiger partial charge in [-0.2, -0.15) is 0 Å². The van der Waals surface area contributed by atoms with Gasteiger partial charge >= 0.3 is 0 Å². The van der Waals surface area contributed by atoms with Crippen molar-refractivity contribution in [2.75, 3.05) is 19.7 Å². The number of nitrogens with one attached hydrogen (secondary N) is 1. The van der Waals surface area contributed by atoms with Crippen molar-refractivity contribution in [3.05, 3.63) is 29.3 Å². The highest BCUT2D eigenvalue weighted by molar-refractivity contribution is 5.85. The van der Waals surface area contributed by atoms with Gasteiger partial charge < -0.3 is 15.8 Å². The quantitative estimate of drug-likeness (QED) is 0.811. The minimum Gasteiger partial charge on any atom is -0.493 e. The van der Waals surface area contributed by atoms with E-state index in [0.717, 1.165) is 11.3 Å². The topological polar surface area (TPSA) is 64.3 Å². The van der Waals surface area contributed by atoms with Crippen LogP contribution in [0.2, 0.25) is 0 Å². The van der Waals surface area contributed by atoms with Crippen LogP contribution in [-0.2, 0) is 4.79 Å². The lowest BCUT2D eigenvalue weighted by atomic mass is 10.1. The summed E-state index contributed by atoms with van der Waals surface area (Å²) in [6, 6.07) is 6.02. The lowest BCUT2D eigenvalue weighted by Gasteiger charge is -2.11. The summed E-state index contributed by atoms with van der Waals surface area (Å²) in [6.45, 7) is 7.66. The van der Waals surface area contributed by atoms with Gasteiger partial charge in [0.15, 0.2) is 0 Å². The zero-order chi connectivity index (χ0) is 14.3. The highest BCUT2D eigenvalue weighted by atomic mass is 35.5. The summed E-state index contributed by atoms with van der Waals surface area (Å²) in [5, 5.41) is 2.84. The number of nitrogens with two attached hydrogens (primary N) is 1. The number of carbonyl (C=O) groups is 1. The van der Waals surface area contributed by atoms with Crippen LogP contribution in [0.25, 0.3) is 0 Å². The summed E-state index contributed by atoms with van der Waals surface area (Å²) in [5.74, 6) is 1.16. The molecule has 3 N–H and O–H groups in total. The van der Waals surface area contributed by atoms with Gasteiger partial charge in [-0.1, -0.05) is 24.6 Å². The first kappa shape index (κ1) is 18.7. The van der Waals surface area contributed by atoms with Gasteiger partial charge in [0.25, 0.3) is 0 Å². The highest BCUT2D eigenvalue weighted by Crippen LogP contribution is 2.18. The maximum absolute atomic E-state index is 11.6. The third kappa shape index (κ3) is 6.78. The summed E-state index contributed by atoms with van der Waals surface area (Å²) in [5.41, 5.74) is 7.79. The molecule has 0 aliphatic carbocycles. The fourth-order valence-corrected chi connectivity index (χ4v) is 1.67. The van der Waals surface area contributed by atoms with E-state index in [-0.39, 0.29) is 18.3 Å². The van der Waals surface area contributed by atoms with Crippen LogP contribution >= 0.6 is 12.4 Å². The van der Waals surface area contributed by atoms with Crippen molar-refractivity contribution in [2.45, 2.75) is 27.2 Å². The number of halogens is 1. The smallest absolute Gasteiger partial charge is 0.223 e. The molecule has 0 aliphatic rings.